The Labute approximate surface area is 155 Å². The van der Waals surface area contributed by atoms with E-state index in [0.717, 1.165) is 10.4 Å². The molecule has 0 fully saturated rings. The maximum absolute atomic E-state index is 13.5. The molecule has 0 bridgehead atoms. The molecule has 6 heteroatoms. The van der Waals surface area contributed by atoms with Gasteiger partial charge in [-0.15, -0.1) is 11.3 Å². The van der Waals surface area contributed by atoms with Gasteiger partial charge in [-0.3, -0.25) is 10.2 Å². The van der Waals surface area contributed by atoms with Crippen LogP contribution in [0.1, 0.15) is 28.8 Å². The van der Waals surface area contributed by atoms with Crippen molar-refractivity contribution in [2.45, 2.75) is 26.2 Å². The fourth-order valence-electron chi connectivity index (χ4n) is 2.89. The first-order valence-corrected chi connectivity index (χ1v) is 9.20. The van der Waals surface area contributed by atoms with Crippen molar-refractivity contribution < 1.29 is 9.18 Å². The Kier molecular flexibility index (Phi) is 5.32. The molecule has 134 valence electrons. The molecular formula is C20H20FN3OS. The molecule has 4 nitrogen and oxygen atoms in total. The lowest BCUT2D eigenvalue weighted by atomic mass is 9.92. The summed E-state index contributed by atoms with van der Waals surface area (Å²) in [7, 11) is 0. The molecule has 0 saturated heterocycles. The van der Waals surface area contributed by atoms with Gasteiger partial charge < -0.3 is 11.1 Å². The minimum absolute atomic E-state index is 0.125. The number of nitrogens with two attached hydrogens (primary N) is 1. The molecule has 4 N–H and O–H groups in total. The Morgan fingerprint density at radius 2 is 2.23 bits per heavy atom. The van der Waals surface area contributed by atoms with Crippen LogP contribution in [-0.4, -0.2) is 11.6 Å². The van der Waals surface area contributed by atoms with Crippen molar-refractivity contribution >= 4 is 34.3 Å². The van der Waals surface area contributed by atoms with Crippen molar-refractivity contribution in [3.63, 3.8) is 0 Å². The Balaban J connectivity index is 1.84. The van der Waals surface area contributed by atoms with Crippen LogP contribution in [0.5, 0.6) is 0 Å². The van der Waals surface area contributed by atoms with E-state index in [1.165, 1.54) is 23.5 Å². The zero-order valence-electron chi connectivity index (χ0n) is 14.4. The van der Waals surface area contributed by atoms with Gasteiger partial charge in [0.05, 0.1) is 12.1 Å². The van der Waals surface area contributed by atoms with E-state index in [1.54, 1.807) is 12.1 Å². The maximum Gasteiger partial charge on any atom is 0.229 e. The van der Waals surface area contributed by atoms with E-state index in [-0.39, 0.29) is 17.4 Å². The number of halogens is 1. The Hall–Kier alpha value is -2.73. The molecule has 3 rings (SSSR count). The molecule has 1 aliphatic carbocycles. The van der Waals surface area contributed by atoms with Gasteiger partial charge in [0.15, 0.2) is 0 Å². The van der Waals surface area contributed by atoms with Crippen LogP contribution < -0.4 is 11.1 Å². The monoisotopic (exact) mass is 369 g/mol. The second-order valence-electron chi connectivity index (χ2n) is 6.23. The van der Waals surface area contributed by atoms with E-state index < -0.39 is 0 Å². The second-order valence-corrected chi connectivity index (χ2v) is 7.26. The minimum Gasteiger partial charge on any atom is -0.398 e. The standard InChI is InChI=1S/C20H20FN3OS/c1-12-8-15(24-18(25)11-16-6-3-7-26-16)10-17(19(12)22)20(23)13-4-2-5-14(21)9-13/h3,5-10,23H,2,4,11,22H2,1H3,(H,24,25). The van der Waals surface area contributed by atoms with Crippen LogP contribution in [0, 0.1) is 12.3 Å². The predicted molar refractivity (Wildman–Crippen MR) is 106 cm³/mol. The topological polar surface area (TPSA) is 79.0 Å². The zero-order chi connectivity index (χ0) is 18.7. The van der Waals surface area contributed by atoms with Crippen LogP contribution in [0.4, 0.5) is 15.8 Å². The van der Waals surface area contributed by atoms with E-state index >= 15 is 0 Å². The van der Waals surface area contributed by atoms with Crippen LogP contribution in [-0.2, 0) is 11.2 Å². The molecule has 0 atom stereocenters. The van der Waals surface area contributed by atoms with E-state index in [1.807, 2.05) is 24.4 Å². The van der Waals surface area contributed by atoms with Gasteiger partial charge in [0.25, 0.3) is 0 Å². The van der Waals surface area contributed by atoms with Gasteiger partial charge in [-0.05, 0) is 66.6 Å². The van der Waals surface area contributed by atoms with Gasteiger partial charge >= 0.3 is 0 Å². The Bertz CT molecular complexity index is 913. The molecule has 0 unspecified atom stereocenters. The maximum atomic E-state index is 13.5. The first-order valence-electron chi connectivity index (χ1n) is 8.32. The lowest BCUT2D eigenvalue weighted by molar-refractivity contribution is -0.115. The number of amides is 1. The van der Waals surface area contributed by atoms with Crippen molar-refractivity contribution in [3.05, 3.63) is 69.2 Å². The van der Waals surface area contributed by atoms with Crippen LogP contribution in [0.3, 0.4) is 0 Å². The first kappa shape index (κ1) is 18.1. The Morgan fingerprint density at radius 3 is 2.92 bits per heavy atom. The largest absolute Gasteiger partial charge is 0.398 e. The molecule has 0 aliphatic heterocycles. The average molecular weight is 369 g/mol. The highest BCUT2D eigenvalue weighted by Crippen LogP contribution is 2.28. The van der Waals surface area contributed by atoms with Crippen molar-refractivity contribution in [2.75, 3.05) is 11.1 Å². The molecule has 0 spiro atoms. The first-order chi connectivity index (χ1) is 12.4. The number of rotatable bonds is 5. The lowest BCUT2D eigenvalue weighted by Crippen LogP contribution is -2.16. The molecule has 1 aromatic carbocycles. The highest BCUT2D eigenvalue weighted by molar-refractivity contribution is 7.10. The third-order valence-electron chi connectivity index (χ3n) is 4.24. The number of carbonyl (C=O) groups is 1. The fourth-order valence-corrected chi connectivity index (χ4v) is 3.59. The zero-order valence-corrected chi connectivity index (χ0v) is 15.3. The minimum atomic E-state index is -0.327. The summed E-state index contributed by atoms with van der Waals surface area (Å²) in [6, 6.07) is 7.30. The number of carbonyl (C=O) groups excluding carboxylic acids is 1. The summed E-state index contributed by atoms with van der Waals surface area (Å²) in [5.74, 6) is -0.452. The number of benzene rings is 1. The molecule has 1 aromatic heterocycles. The van der Waals surface area contributed by atoms with Crippen molar-refractivity contribution in [2.24, 2.45) is 0 Å². The number of thiophene rings is 1. The quantitative estimate of drug-likeness (QED) is 0.525. The SMILES string of the molecule is Cc1cc(NC(=O)Cc2cccs2)cc(C(=N)C2=CC(F)=CCC2)c1N. The molecule has 26 heavy (non-hydrogen) atoms. The molecule has 0 saturated carbocycles. The van der Waals surface area contributed by atoms with Crippen LogP contribution in [0.15, 0.2) is 53.2 Å². The number of hydrogen-bond donors (Lipinski definition) is 3. The number of nitrogen functional groups attached to an aromatic ring is 1. The van der Waals surface area contributed by atoms with Gasteiger partial charge in [0.2, 0.25) is 5.91 Å². The van der Waals surface area contributed by atoms with Gasteiger partial charge in [-0.25, -0.2) is 4.39 Å². The van der Waals surface area contributed by atoms with Gasteiger partial charge in [0.1, 0.15) is 5.83 Å². The van der Waals surface area contributed by atoms with Gasteiger partial charge in [-0.2, -0.15) is 0 Å². The molecule has 0 radical (unpaired) electrons. The third kappa shape index (κ3) is 4.08. The number of allylic oxidation sites excluding steroid dienone is 4. The van der Waals surface area contributed by atoms with Crippen molar-refractivity contribution in [1.82, 2.24) is 0 Å². The average Bonchev–Trinajstić information content (AvgIpc) is 3.10. The third-order valence-corrected chi connectivity index (χ3v) is 5.12. The number of aryl methyl sites for hydroxylation is 1. The van der Waals surface area contributed by atoms with Gasteiger partial charge in [0, 0.05) is 21.8 Å². The van der Waals surface area contributed by atoms with Crippen LogP contribution in [0.25, 0.3) is 0 Å². The van der Waals surface area contributed by atoms with Gasteiger partial charge in [-0.1, -0.05) is 6.07 Å². The van der Waals surface area contributed by atoms with E-state index in [2.05, 4.69) is 5.32 Å². The highest BCUT2D eigenvalue weighted by atomic mass is 32.1. The van der Waals surface area contributed by atoms with Crippen molar-refractivity contribution in [1.29, 1.82) is 5.41 Å². The van der Waals surface area contributed by atoms with Crippen LogP contribution >= 0.6 is 11.3 Å². The number of hydrogen-bond acceptors (Lipinski definition) is 4. The summed E-state index contributed by atoms with van der Waals surface area (Å²) in [6.45, 7) is 1.83. The summed E-state index contributed by atoms with van der Waals surface area (Å²) in [5, 5.41) is 13.2. The van der Waals surface area contributed by atoms with E-state index in [0.29, 0.717) is 41.8 Å². The van der Waals surface area contributed by atoms with E-state index in [9.17, 15) is 9.18 Å². The Morgan fingerprint density at radius 1 is 1.42 bits per heavy atom. The number of nitrogens with one attached hydrogen (secondary N) is 2. The highest BCUT2D eigenvalue weighted by Gasteiger charge is 2.17. The predicted octanol–water partition coefficient (Wildman–Crippen LogP) is 4.76. The molecule has 2 aromatic rings. The smallest absolute Gasteiger partial charge is 0.229 e. The number of anilines is 2. The van der Waals surface area contributed by atoms with E-state index in [4.69, 9.17) is 11.1 Å². The second kappa shape index (κ2) is 7.66. The molecule has 1 heterocycles. The molecule has 1 amide bonds. The van der Waals surface area contributed by atoms with Crippen LogP contribution in [0.2, 0.25) is 0 Å². The summed E-state index contributed by atoms with van der Waals surface area (Å²) < 4.78 is 13.5. The lowest BCUT2D eigenvalue weighted by Gasteiger charge is -2.17. The summed E-state index contributed by atoms with van der Waals surface area (Å²) in [5.41, 5.74) is 9.30. The summed E-state index contributed by atoms with van der Waals surface area (Å²) >= 11 is 1.53. The molecular weight excluding hydrogens is 349 g/mol. The fraction of sp³-hybridized carbons (Fsp3) is 0.200. The summed E-state index contributed by atoms with van der Waals surface area (Å²) in [4.78, 5) is 13.2. The van der Waals surface area contributed by atoms with Crippen molar-refractivity contribution in [3.8, 4) is 0 Å². The normalized spacial score (nSPS) is 13.8. The molecule has 1 aliphatic rings. The summed E-state index contributed by atoms with van der Waals surface area (Å²) in [6.07, 6.45) is 4.35.